The fraction of sp³-hybridized carbons (Fsp3) is 0.263. The summed E-state index contributed by atoms with van der Waals surface area (Å²) in [5, 5.41) is 8.88. The van der Waals surface area contributed by atoms with Crippen LogP contribution in [0.2, 0.25) is 0 Å². The van der Waals surface area contributed by atoms with Gasteiger partial charge in [-0.1, -0.05) is 35.0 Å². The maximum absolute atomic E-state index is 5.98. The molecule has 3 aromatic rings. The van der Waals surface area contributed by atoms with Crippen molar-refractivity contribution >= 4 is 0 Å². The van der Waals surface area contributed by atoms with Crippen molar-refractivity contribution in [2.75, 3.05) is 6.61 Å². The van der Waals surface area contributed by atoms with Crippen molar-refractivity contribution in [2.45, 2.75) is 26.2 Å². The molecule has 116 valence electrons. The molecular weight excluding hydrogens is 286 g/mol. The van der Waals surface area contributed by atoms with Crippen molar-refractivity contribution in [1.29, 1.82) is 0 Å². The van der Waals surface area contributed by atoms with E-state index in [-0.39, 0.29) is 0 Å². The molecule has 0 spiro atoms. The number of aryl methyl sites for hydroxylation is 2. The van der Waals surface area contributed by atoms with Gasteiger partial charge in [-0.25, -0.2) is 4.68 Å². The summed E-state index contributed by atoms with van der Waals surface area (Å²) in [6, 6.07) is 16.5. The highest BCUT2D eigenvalue weighted by Crippen LogP contribution is 2.34. The molecule has 1 aromatic heterocycles. The third-order valence-electron chi connectivity index (χ3n) is 4.23. The Balaban J connectivity index is 1.92. The lowest BCUT2D eigenvalue weighted by atomic mass is 10.1. The van der Waals surface area contributed by atoms with Crippen LogP contribution < -0.4 is 4.74 Å². The van der Waals surface area contributed by atoms with Crippen molar-refractivity contribution in [3.63, 3.8) is 0 Å². The summed E-state index contributed by atoms with van der Waals surface area (Å²) in [6.07, 6.45) is 3.03. The summed E-state index contributed by atoms with van der Waals surface area (Å²) in [7, 11) is 0. The standard InChI is InChI=1S/C19H19N3O/c1-14-9-11-15(12-10-14)22-19-16-6-2-3-8-18(16)23-13-5-4-7-17(19)20-21-22/h2-3,6,8-12H,4-5,7,13H2,1H3. The number of aromatic nitrogens is 3. The van der Waals surface area contributed by atoms with E-state index in [1.807, 2.05) is 22.9 Å². The number of rotatable bonds is 1. The Morgan fingerprint density at radius 3 is 2.70 bits per heavy atom. The summed E-state index contributed by atoms with van der Waals surface area (Å²) in [6.45, 7) is 2.84. The van der Waals surface area contributed by atoms with Crippen LogP contribution in [0.5, 0.6) is 5.75 Å². The van der Waals surface area contributed by atoms with Crippen molar-refractivity contribution in [3.05, 3.63) is 59.8 Å². The highest BCUT2D eigenvalue weighted by molar-refractivity contribution is 5.71. The first-order valence-electron chi connectivity index (χ1n) is 8.07. The van der Waals surface area contributed by atoms with Crippen molar-refractivity contribution < 1.29 is 4.74 Å². The van der Waals surface area contributed by atoms with Gasteiger partial charge in [-0.15, -0.1) is 5.10 Å². The van der Waals surface area contributed by atoms with Gasteiger partial charge in [0.05, 0.1) is 18.0 Å². The lowest BCUT2D eigenvalue weighted by Gasteiger charge is -2.12. The maximum Gasteiger partial charge on any atom is 0.128 e. The zero-order valence-electron chi connectivity index (χ0n) is 13.2. The van der Waals surface area contributed by atoms with E-state index >= 15 is 0 Å². The predicted molar refractivity (Wildman–Crippen MR) is 90.0 cm³/mol. The van der Waals surface area contributed by atoms with Crippen LogP contribution >= 0.6 is 0 Å². The molecule has 4 heteroatoms. The van der Waals surface area contributed by atoms with Crippen molar-refractivity contribution in [3.8, 4) is 22.7 Å². The van der Waals surface area contributed by atoms with Crippen LogP contribution in [0.15, 0.2) is 48.5 Å². The van der Waals surface area contributed by atoms with E-state index < -0.39 is 0 Å². The quantitative estimate of drug-likeness (QED) is 0.683. The van der Waals surface area contributed by atoms with Crippen LogP contribution in [0.1, 0.15) is 24.1 Å². The summed E-state index contributed by atoms with van der Waals surface area (Å²) < 4.78 is 7.91. The normalized spacial score (nSPS) is 14.0. The van der Waals surface area contributed by atoms with Crippen LogP contribution in [-0.2, 0) is 6.42 Å². The van der Waals surface area contributed by atoms with Crippen LogP contribution in [0.3, 0.4) is 0 Å². The number of hydrogen-bond acceptors (Lipinski definition) is 3. The van der Waals surface area contributed by atoms with Gasteiger partial charge in [-0.3, -0.25) is 0 Å². The molecule has 2 aromatic carbocycles. The molecule has 0 saturated carbocycles. The summed E-state index contributed by atoms with van der Waals surface area (Å²) in [4.78, 5) is 0. The van der Waals surface area contributed by atoms with E-state index in [0.29, 0.717) is 0 Å². The highest BCUT2D eigenvalue weighted by atomic mass is 16.5. The lowest BCUT2D eigenvalue weighted by Crippen LogP contribution is -2.02. The summed E-state index contributed by atoms with van der Waals surface area (Å²) in [5.41, 5.74) is 5.42. The predicted octanol–water partition coefficient (Wildman–Crippen LogP) is 3.96. The highest BCUT2D eigenvalue weighted by Gasteiger charge is 2.20. The van der Waals surface area contributed by atoms with Gasteiger partial charge < -0.3 is 4.74 Å². The van der Waals surface area contributed by atoms with E-state index in [1.165, 1.54) is 5.56 Å². The second-order valence-electron chi connectivity index (χ2n) is 5.93. The zero-order valence-corrected chi connectivity index (χ0v) is 13.2. The number of benzene rings is 2. The third-order valence-corrected chi connectivity index (χ3v) is 4.23. The molecule has 0 fully saturated rings. The first kappa shape index (κ1) is 14.0. The topological polar surface area (TPSA) is 39.9 Å². The van der Waals surface area contributed by atoms with Crippen LogP contribution in [0.4, 0.5) is 0 Å². The Morgan fingerprint density at radius 2 is 1.83 bits per heavy atom. The number of fused-ring (bicyclic) bond motifs is 3. The molecule has 4 nitrogen and oxygen atoms in total. The SMILES string of the molecule is Cc1ccc(-n2nnc3c2-c2ccccc2OCCCC3)cc1. The molecule has 0 aliphatic carbocycles. The van der Waals surface area contributed by atoms with E-state index in [2.05, 4.69) is 47.6 Å². The van der Waals surface area contributed by atoms with Crippen LogP contribution in [0, 0.1) is 6.92 Å². The molecule has 0 bridgehead atoms. The molecule has 0 radical (unpaired) electrons. The third kappa shape index (κ3) is 2.61. The number of para-hydroxylation sites is 1. The summed E-state index contributed by atoms with van der Waals surface area (Å²) >= 11 is 0. The Labute approximate surface area is 135 Å². The summed E-state index contributed by atoms with van der Waals surface area (Å²) in [5.74, 6) is 0.909. The second kappa shape index (κ2) is 5.88. The average molecular weight is 305 g/mol. The minimum atomic E-state index is 0.749. The number of nitrogens with zero attached hydrogens (tertiary/aromatic N) is 3. The molecular formula is C19H19N3O. The molecule has 0 saturated heterocycles. The van der Waals surface area contributed by atoms with Gasteiger partial charge in [-0.2, -0.15) is 0 Å². The fourth-order valence-electron chi connectivity index (χ4n) is 2.98. The minimum absolute atomic E-state index is 0.749. The molecule has 23 heavy (non-hydrogen) atoms. The average Bonchev–Trinajstić information content (AvgIpc) is 3.01. The van der Waals surface area contributed by atoms with Crippen molar-refractivity contribution in [2.24, 2.45) is 0 Å². The monoisotopic (exact) mass is 305 g/mol. The molecule has 1 aliphatic rings. The van der Waals surface area contributed by atoms with E-state index in [1.54, 1.807) is 0 Å². The molecule has 2 heterocycles. The fourth-order valence-corrected chi connectivity index (χ4v) is 2.98. The van der Waals surface area contributed by atoms with Gasteiger partial charge in [0.2, 0.25) is 0 Å². The molecule has 0 atom stereocenters. The van der Waals surface area contributed by atoms with E-state index in [0.717, 1.165) is 54.3 Å². The molecule has 0 unspecified atom stereocenters. The zero-order chi connectivity index (χ0) is 15.6. The molecule has 0 amide bonds. The smallest absolute Gasteiger partial charge is 0.128 e. The molecule has 1 aliphatic heterocycles. The number of hydrogen-bond donors (Lipinski definition) is 0. The Hall–Kier alpha value is -2.62. The van der Waals surface area contributed by atoms with E-state index in [4.69, 9.17) is 4.74 Å². The maximum atomic E-state index is 5.98. The van der Waals surface area contributed by atoms with Gasteiger partial charge in [-0.05, 0) is 50.5 Å². The van der Waals surface area contributed by atoms with Gasteiger partial charge in [0.25, 0.3) is 0 Å². The van der Waals surface area contributed by atoms with Crippen LogP contribution in [0.25, 0.3) is 16.9 Å². The Morgan fingerprint density at radius 1 is 1.00 bits per heavy atom. The van der Waals surface area contributed by atoms with Crippen LogP contribution in [-0.4, -0.2) is 21.6 Å². The lowest BCUT2D eigenvalue weighted by molar-refractivity contribution is 0.309. The first-order chi connectivity index (χ1) is 11.3. The number of ether oxygens (including phenoxy) is 1. The first-order valence-corrected chi connectivity index (χ1v) is 8.07. The Bertz CT molecular complexity index is 821. The van der Waals surface area contributed by atoms with Gasteiger partial charge in [0.1, 0.15) is 11.4 Å². The van der Waals surface area contributed by atoms with Crippen molar-refractivity contribution in [1.82, 2.24) is 15.0 Å². The van der Waals surface area contributed by atoms with Gasteiger partial charge >= 0.3 is 0 Å². The molecule has 0 N–H and O–H groups in total. The minimum Gasteiger partial charge on any atom is -0.493 e. The largest absolute Gasteiger partial charge is 0.493 e. The van der Waals surface area contributed by atoms with E-state index in [9.17, 15) is 0 Å². The Kier molecular flexibility index (Phi) is 3.58. The molecule has 4 rings (SSSR count). The van der Waals surface area contributed by atoms with Gasteiger partial charge in [0, 0.05) is 5.56 Å². The van der Waals surface area contributed by atoms with Gasteiger partial charge in [0.15, 0.2) is 0 Å². The second-order valence-corrected chi connectivity index (χ2v) is 5.93.